The molecule has 5 rings (SSSR count). The maximum atomic E-state index is 13.1. The van der Waals surface area contributed by atoms with Crippen molar-refractivity contribution in [2.45, 2.75) is 43.9 Å². The topological polar surface area (TPSA) is 124 Å². The number of nitrogens with one attached hydrogen (secondary N) is 3. The summed E-state index contributed by atoms with van der Waals surface area (Å²) in [7, 11) is 3.41. The summed E-state index contributed by atoms with van der Waals surface area (Å²) in [6, 6.07) is 5.29. The lowest BCUT2D eigenvalue weighted by atomic mass is 9.89. The third-order valence-corrected chi connectivity index (χ3v) is 6.57. The van der Waals surface area contributed by atoms with E-state index in [2.05, 4.69) is 26.0 Å². The number of ether oxygens (including phenoxy) is 2. The van der Waals surface area contributed by atoms with Gasteiger partial charge in [0.2, 0.25) is 0 Å². The molecule has 2 aliphatic rings. The maximum Gasteiger partial charge on any atom is 0.274 e. The van der Waals surface area contributed by atoms with Crippen LogP contribution in [0.15, 0.2) is 35.4 Å². The van der Waals surface area contributed by atoms with E-state index in [1.807, 2.05) is 6.07 Å². The molecule has 0 unspecified atom stereocenters. The number of hydrogen-bond acceptors (Lipinski definition) is 8. The number of anilines is 3. The highest BCUT2D eigenvalue weighted by molar-refractivity contribution is 6.00. The first-order chi connectivity index (χ1) is 16.6. The molecule has 3 N–H and O–H groups in total. The first-order valence-corrected chi connectivity index (χ1v) is 11.5. The molecule has 1 aliphatic carbocycles. The van der Waals surface area contributed by atoms with E-state index in [0.29, 0.717) is 35.1 Å². The van der Waals surface area contributed by atoms with Gasteiger partial charge >= 0.3 is 0 Å². The SMILES string of the molecule is CNc1cc(Nc2cccn([C@@H]3CCCOC3)c2=O)nc2c(C(=O)N[C@H]3CC[C@@H]3OC)cnn12. The van der Waals surface area contributed by atoms with Crippen molar-refractivity contribution in [1.29, 1.82) is 0 Å². The average molecular weight is 468 g/mol. The summed E-state index contributed by atoms with van der Waals surface area (Å²) in [6.07, 6.45) is 6.94. The normalized spacial score (nSPS) is 22.2. The number of fused-ring (bicyclic) bond motifs is 1. The molecule has 0 radical (unpaired) electrons. The molecule has 1 saturated carbocycles. The zero-order chi connectivity index (χ0) is 23.7. The zero-order valence-electron chi connectivity index (χ0n) is 19.3. The number of pyridine rings is 1. The van der Waals surface area contributed by atoms with E-state index in [4.69, 9.17) is 9.47 Å². The van der Waals surface area contributed by atoms with Crippen LogP contribution >= 0.6 is 0 Å². The Morgan fingerprint density at radius 1 is 1.29 bits per heavy atom. The van der Waals surface area contributed by atoms with Crippen molar-refractivity contribution in [2.75, 3.05) is 38.0 Å². The van der Waals surface area contributed by atoms with Crippen LogP contribution in [0.2, 0.25) is 0 Å². The fourth-order valence-electron chi connectivity index (χ4n) is 4.50. The van der Waals surface area contributed by atoms with Gasteiger partial charge in [0.05, 0.1) is 31.0 Å². The Morgan fingerprint density at radius 3 is 2.88 bits per heavy atom. The Morgan fingerprint density at radius 2 is 2.18 bits per heavy atom. The average Bonchev–Trinajstić information content (AvgIpc) is 3.27. The number of amides is 1. The summed E-state index contributed by atoms with van der Waals surface area (Å²) in [5.41, 5.74) is 0.992. The van der Waals surface area contributed by atoms with Crippen molar-refractivity contribution >= 4 is 28.9 Å². The van der Waals surface area contributed by atoms with Crippen LogP contribution in [0.3, 0.4) is 0 Å². The van der Waals surface area contributed by atoms with Gasteiger partial charge in [0.1, 0.15) is 22.9 Å². The zero-order valence-corrected chi connectivity index (χ0v) is 19.3. The summed E-state index contributed by atoms with van der Waals surface area (Å²) < 4.78 is 14.2. The van der Waals surface area contributed by atoms with Gasteiger partial charge in [0.15, 0.2) is 5.65 Å². The van der Waals surface area contributed by atoms with Gasteiger partial charge in [-0.2, -0.15) is 9.61 Å². The molecule has 1 aliphatic heterocycles. The summed E-state index contributed by atoms with van der Waals surface area (Å²) in [5.74, 6) is 0.800. The van der Waals surface area contributed by atoms with Crippen LogP contribution in [0, 0.1) is 0 Å². The predicted molar refractivity (Wildman–Crippen MR) is 127 cm³/mol. The lowest BCUT2D eigenvalue weighted by molar-refractivity contribution is 0.00732. The molecule has 3 atom stereocenters. The second-order valence-corrected chi connectivity index (χ2v) is 8.63. The molecule has 1 saturated heterocycles. The van der Waals surface area contributed by atoms with E-state index in [1.165, 1.54) is 6.20 Å². The van der Waals surface area contributed by atoms with Crippen molar-refractivity contribution in [3.05, 3.63) is 46.5 Å². The van der Waals surface area contributed by atoms with E-state index in [9.17, 15) is 9.59 Å². The van der Waals surface area contributed by atoms with Crippen LogP contribution < -0.4 is 21.5 Å². The minimum absolute atomic E-state index is 0.0128. The molecule has 1 amide bonds. The van der Waals surface area contributed by atoms with Gasteiger partial charge in [-0.3, -0.25) is 9.59 Å². The monoisotopic (exact) mass is 467 g/mol. The van der Waals surface area contributed by atoms with Crippen LogP contribution in [-0.4, -0.2) is 64.6 Å². The Bertz CT molecular complexity index is 1250. The fraction of sp³-hybridized carbons (Fsp3) is 0.478. The van der Waals surface area contributed by atoms with Gasteiger partial charge in [-0.05, 0) is 37.8 Å². The van der Waals surface area contributed by atoms with Crippen LogP contribution in [0.1, 0.15) is 42.1 Å². The number of methoxy groups -OCH3 is 1. The lowest BCUT2D eigenvalue weighted by Gasteiger charge is -2.35. The van der Waals surface area contributed by atoms with Crippen molar-refractivity contribution in [3.63, 3.8) is 0 Å². The van der Waals surface area contributed by atoms with Gasteiger partial charge in [0, 0.05) is 33.0 Å². The fourth-order valence-corrected chi connectivity index (χ4v) is 4.50. The molecule has 3 aromatic rings. The first kappa shape index (κ1) is 22.4. The summed E-state index contributed by atoms with van der Waals surface area (Å²) in [4.78, 5) is 30.7. The highest BCUT2D eigenvalue weighted by Crippen LogP contribution is 2.25. The maximum absolute atomic E-state index is 13.1. The lowest BCUT2D eigenvalue weighted by Crippen LogP contribution is -2.51. The molecule has 0 bridgehead atoms. The number of carbonyl (C=O) groups is 1. The number of nitrogens with zero attached hydrogens (tertiary/aromatic N) is 4. The molecule has 0 spiro atoms. The van der Waals surface area contributed by atoms with Crippen molar-refractivity contribution in [2.24, 2.45) is 0 Å². The van der Waals surface area contributed by atoms with Crippen molar-refractivity contribution < 1.29 is 14.3 Å². The van der Waals surface area contributed by atoms with E-state index in [1.54, 1.807) is 41.6 Å². The number of carbonyl (C=O) groups excluding carboxylic acids is 1. The molecule has 34 heavy (non-hydrogen) atoms. The molecule has 0 aromatic carbocycles. The predicted octanol–water partition coefficient (Wildman–Crippen LogP) is 1.93. The van der Waals surface area contributed by atoms with Crippen LogP contribution in [0.4, 0.5) is 17.3 Å². The molecular formula is C23H29N7O4. The summed E-state index contributed by atoms with van der Waals surface area (Å²) in [6.45, 7) is 1.25. The number of aromatic nitrogens is 4. The second kappa shape index (κ2) is 9.43. The standard InChI is InChI=1S/C23H29N7O4/c1-24-20-11-19(26-17-6-3-9-29(23(17)32)14-5-4-10-34-13-14)28-21-15(12-25-30(20)21)22(31)27-16-7-8-18(16)33-2/h3,6,9,11-12,14,16,18,24H,4-5,7-8,10,13H2,1-2H3,(H,26,28)(H,27,31)/t14-,16+,18+/m1/s1. The number of hydrogen-bond donors (Lipinski definition) is 3. The van der Waals surface area contributed by atoms with Gasteiger partial charge in [-0.15, -0.1) is 0 Å². The minimum atomic E-state index is -0.257. The Kier molecular flexibility index (Phi) is 6.20. The Labute approximate surface area is 196 Å². The van der Waals surface area contributed by atoms with E-state index in [0.717, 1.165) is 32.3 Å². The smallest absolute Gasteiger partial charge is 0.274 e. The van der Waals surface area contributed by atoms with Gasteiger partial charge in [-0.1, -0.05) is 0 Å². The number of rotatable bonds is 7. The molecular weight excluding hydrogens is 438 g/mol. The largest absolute Gasteiger partial charge is 0.379 e. The summed E-state index contributed by atoms with van der Waals surface area (Å²) >= 11 is 0. The highest BCUT2D eigenvalue weighted by atomic mass is 16.5. The van der Waals surface area contributed by atoms with Crippen LogP contribution in [0.25, 0.3) is 5.65 Å². The molecule has 11 heteroatoms. The molecule has 180 valence electrons. The highest BCUT2D eigenvalue weighted by Gasteiger charge is 2.33. The first-order valence-electron chi connectivity index (χ1n) is 11.5. The Balaban J connectivity index is 1.44. The van der Waals surface area contributed by atoms with E-state index < -0.39 is 0 Å². The molecule has 3 aromatic heterocycles. The van der Waals surface area contributed by atoms with Gasteiger partial charge in [-0.25, -0.2) is 4.98 Å². The molecule has 4 heterocycles. The van der Waals surface area contributed by atoms with Crippen molar-refractivity contribution in [3.8, 4) is 0 Å². The third-order valence-electron chi connectivity index (χ3n) is 6.57. The van der Waals surface area contributed by atoms with E-state index in [-0.39, 0.29) is 29.7 Å². The van der Waals surface area contributed by atoms with Crippen LogP contribution in [-0.2, 0) is 9.47 Å². The second-order valence-electron chi connectivity index (χ2n) is 8.63. The third kappa shape index (κ3) is 4.12. The van der Waals surface area contributed by atoms with E-state index >= 15 is 0 Å². The Hall–Kier alpha value is -3.44. The van der Waals surface area contributed by atoms with Crippen molar-refractivity contribution in [1.82, 2.24) is 24.5 Å². The quantitative estimate of drug-likeness (QED) is 0.482. The van der Waals surface area contributed by atoms with Crippen LogP contribution in [0.5, 0.6) is 0 Å². The van der Waals surface area contributed by atoms with Gasteiger partial charge < -0.3 is 30.0 Å². The summed E-state index contributed by atoms with van der Waals surface area (Å²) in [5, 5.41) is 13.6. The minimum Gasteiger partial charge on any atom is -0.379 e. The molecule has 2 fully saturated rings. The van der Waals surface area contributed by atoms with Gasteiger partial charge in [0.25, 0.3) is 11.5 Å². The molecule has 11 nitrogen and oxygen atoms in total.